The van der Waals surface area contributed by atoms with Gasteiger partial charge in [0.1, 0.15) is 11.1 Å². The van der Waals surface area contributed by atoms with E-state index in [4.69, 9.17) is 5.11 Å². The molecule has 1 amide bonds. The number of β-lactam (4-membered cyclic amide) rings is 1. The summed E-state index contributed by atoms with van der Waals surface area (Å²) >= 11 is 2.94. The first-order valence-corrected chi connectivity index (χ1v) is 8.89. The zero-order chi connectivity index (χ0) is 16.4. The molecule has 0 bridgehead atoms. The van der Waals surface area contributed by atoms with Crippen LogP contribution in [-0.4, -0.2) is 36.6 Å². The molecule has 1 saturated heterocycles. The second-order valence-electron chi connectivity index (χ2n) is 5.48. The second kappa shape index (κ2) is 4.71. The van der Waals surface area contributed by atoms with Crippen LogP contribution in [0.5, 0.6) is 0 Å². The Balaban J connectivity index is 1.52. The van der Waals surface area contributed by atoms with Crippen LogP contribution in [0, 0.1) is 0 Å². The van der Waals surface area contributed by atoms with E-state index in [0.717, 1.165) is 20.7 Å². The fourth-order valence-electron chi connectivity index (χ4n) is 2.99. The van der Waals surface area contributed by atoms with Gasteiger partial charge in [0.25, 0.3) is 5.91 Å². The Morgan fingerprint density at radius 2 is 2.25 bits per heavy atom. The highest BCUT2D eigenvalue weighted by atomic mass is 32.2. The van der Waals surface area contributed by atoms with Crippen LogP contribution in [0.4, 0.5) is 0 Å². The summed E-state index contributed by atoms with van der Waals surface area (Å²) in [6.07, 6.45) is 5.54. The first-order valence-electron chi connectivity index (χ1n) is 7.13. The zero-order valence-electron chi connectivity index (χ0n) is 12.0. The van der Waals surface area contributed by atoms with E-state index in [9.17, 15) is 9.59 Å². The maximum Gasteiger partial charge on any atom is 0.353 e. The number of thioether (sulfide) groups is 1. The number of fused-ring (bicyclic) bond motifs is 4. The van der Waals surface area contributed by atoms with Gasteiger partial charge in [-0.3, -0.25) is 14.1 Å². The number of hydrogen-bond acceptors (Lipinski definition) is 5. The number of carbonyl (C=O) groups excluding carboxylic acids is 1. The number of carboxylic acid groups (broad SMARTS) is 1. The molecule has 1 N–H and O–H groups in total. The molecule has 6 nitrogen and oxygen atoms in total. The van der Waals surface area contributed by atoms with E-state index >= 15 is 0 Å². The summed E-state index contributed by atoms with van der Waals surface area (Å²) in [6, 6.07) is 6.00. The van der Waals surface area contributed by atoms with Crippen LogP contribution in [0.2, 0.25) is 0 Å². The van der Waals surface area contributed by atoms with Gasteiger partial charge in [0.15, 0.2) is 4.96 Å². The van der Waals surface area contributed by atoms with Gasteiger partial charge in [0.05, 0.1) is 15.8 Å². The number of amides is 1. The molecule has 0 saturated carbocycles. The molecule has 0 unspecified atom stereocenters. The molecule has 118 valence electrons. The van der Waals surface area contributed by atoms with Gasteiger partial charge < -0.3 is 5.11 Å². The molecule has 1 atom stereocenters. The summed E-state index contributed by atoms with van der Waals surface area (Å²) in [5, 5.41) is 10.4. The van der Waals surface area contributed by atoms with E-state index in [1.165, 1.54) is 22.1 Å². The van der Waals surface area contributed by atoms with Gasteiger partial charge in [-0.05, 0) is 23.8 Å². The number of aliphatic carboxylic acids is 1. The van der Waals surface area contributed by atoms with Crippen LogP contribution >= 0.6 is 23.1 Å². The lowest BCUT2D eigenvalue weighted by Gasteiger charge is -2.37. The fraction of sp³-hybridized carbons (Fsp3) is 0.0625. The summed E-state index contributed by atoms with van der Waals surface area (Å²) < 4.78 is 3.13. The van der Waals surface area contributed by atoms with Crippen molar-refractivity contribution in [1.82, 2.24) is 14.3 Å². The number of nitrogens with zero attached hydrogens (tertiary/aromatic N) is 3. The van der Waals surface area contributed by atoms with Crippen molar-refractivity contribution in [3.63, 3.8) is 0 Å². The monoisotopic (exact) mass is 355 g/mol. The van der Waals surface area contributed by atoms with Crippen LogP contribution in [-0.2, 0) is 9.59 Å². The predicted molar refractivity (Wildman–Crippen MR) is 92.5 cm³/mol. The summed E-state index contributed by atoms with van der Waals surface area (Å²) in [5.41, 5.74) is 2.70. The average molecular weight is 355 g/mol. The minimum Gasteiger partial charge on any atom is -0.477 e. The Hall–Kier alpha value is -2.58. The van der Waals surface area contributed by atoms with Crippen molar-refractivity contribution in [2.24, 2.45) is 0 Å². The summed E-state index contributed by atoms with van der Waals surface area (Å²) in [6.45, 7) is 0. The molecule has 4 heterocycles. The molecule has 5 rings (SSSR count). The number of hydrogen-bond donors (Lipinski definition) is 1. The first kappa shape index (κ1) is 13.8. The number of rotatable bonds is 2. The smallest absolute Gasteiger partial charge is 0.353 e. The summed E-state index contributed by atoms with van der Waals surface area (Å²) in [5.74, 6) is -1.31. The Bertz CT molecular complexity index is 1110. The first-order chi connectivity index (χ1) is 11.6. The topological polar surface area (TPSA) is 74.9 Å². The Kier molecular flexibility index (Phi) is 2.71. The lowest BCUT2D eigenvalue weighted by molar-refractivity contribution is -0.141. The van der Waals surface area contributed by atoms with Gasteiger partial charge in [-0.15, -0.1) is 11.8 Å². The second-order valence-corrected chi connectivity index (χ2v) is 7.44. The number of imidazole rings is 1. The van der Waals surface area contributed by atoms with E-state index in [-0.39, 0.29) is 17.0 Å². The van der Waals surface area contributed by atoms with Crippen molar-refractivity contribution >= 4 is 56.2 Å². The number of thiazole rings is 1. The van der Waals surface area contributed by atoms with Gasteiger partial charge in [-0.25, -0.2) is 9.78 Å². The molecular formula is C16H9N3O3S2. The van der Waals surface area contributed by atoms with Crippen molar-refractivity contribution in [2.45, 2.75) is 5.37 Å². The zero-order valence-corrected chi connectivity index (χ0v) is 13.7. The molecular weight excluding hydrogens is 346 g/mol. The molecule has 0 spiro atoms. The summed E-state index contributed by atoms with van der Waals surface area (Å²) in [4.78, 5) is 29.9. The normalized spacial score (nSPS) is 21.4. The van der Waals surface area contributed by atoms with Crippen molar-refractivity contribution in [3.8, 4) is 0 Å². The maximum atomic E-state index is 12.3. The van der Waals surface area contributed by atoms with Gasteiger partial charge in [-0.2, -0.15) is 0 Å². The van der Waals surface area contributed by atoms with E-state index in [2.05, 4.69) is 4.98 Å². The summed E-state index contributed by atoms with van der Waals surface area (Å²) in [7, 11) is 0. The SMILES string of the molecule is O=C(O)C1=CS[C@@H]2/C(=C\c3ccc4c(c3)sc3nccn34)C(=O)N12. The predicted octanol–water partition coefficient (Wildman–Crippen LogP) is 2.77. The molecule has 2 aromatic heterocycles. The minimum atomic E-state index is -1.07. The lowest BCUT2D eigenvalue weighted by atomic mass is 10.0. The Morgan fingerprint density at radius 1 is 1.38 bits per heavy atom. The number of carboxylic acids is 1. The third-order valence-electron chi connectivity index (χ3n) is 4.13. The highest BCUT2D eigenvalue weighted by Gasteiger charge is 2.49. The third kappa shape index (κ3) is 1.75. The van der Waals surface area contributed by atoms with E-state index in [1.807, 2.05) is 34.9 Å². The third-order valence-corrected chi connectivity index (χ3v) is 6.24. The largest absolute Gasteiger partial charge is 0.477 e. The fourth-order valence-corrected chi connectivity index (χ4v) is 5.15. The molecule has 1 aromatic carbocycles. The molecule has 1 fully saturated rings. The lowest BCUT2D eigenvalue weighted by Crippen LogP contribution is -2.51. The minimum absolute atomic E-state index is 0.0575. The highest BCUT2D eigenvalue weighted by molar-refractivity contribution is 8.03. The van der Waals surface area contributed by atoms with Crippen molar-refractivity contribution in [2.75, 3.05) is 0 Å². The quantitative estimate of drug-likeness (QED) is 0.565. The van der Waals surface area contributed by atoms with Gasteiger partial charge in [0.2, 0.25) is 0 Å². The van der Waals surface area contributed by atoms with Crippen molar-refractivity contribution in [1.29, 1.82) is 0 Å². The Morgan fingerprint density at radius 3 is 3.08 bits per heavy atom. The van der Waals surface area contributed by atoms with Crippen LogP contribution in [0.15, 0.2) is 47.3 Å². The van der Waals surface area contributed by atoms with Crippen molar-refractivity contribution in [3.05, 3.63) is 52.8 Å². The maximum absolute atomic E-state index is 12.3. The number of carbonyl (C=O) groups is 2. The van der Waals surface area contributed by atoms with Crippen LogP contribution in [0.3, 0.4) is 0 Å². The Labute approximate surface area is 143 Å². The van der Waals surface area contributed by atoms with E-state index in [0.29, 0.717) is 5.57 Å². The van der Waals surface area contributed by atoms with E-state index in [1.54, 1.807) is 17.5 Å². The molecule has 0 radical (unpaired) electrons. The molecule has 24 heavy (non-hydrogen) atoms. The average Bonchev–Trinajstić information content (AvgIpc) is 3.24. The molecule has 8 heteroatoms. The van der Waals surface area contributed by atoms with Crippen LogP contribution in [0.1, 0.15) is 5.56 Å². The van der Waals surface area contributed by atoms with Crippen LogP contribution in [0.25, 0.3) is 21.3 Å². The van der Waals surface area contributed by atoms with Gasteiger partial charge in [-0.1, -0.05) is 17.4 Å². The van der Waals surface area contributed by atoms with Gasteiger partial charge >= 0.3 is 5.97 Å². The highest BCUT2D eigenvalue weighted by Crippen LogP contribution is 2.45. The molecule has 2 aliphatic heterocycles. The van der Waals surface area contributed by atoms with E-state index < -0.39 is 5.97 Å². The van der Waals surface area contributed by atoms with Crippen LogP contribution < -0.4 is 0 Å². The van der Waals surface area contributed by atoms with Crippen molar-refractivity contribution < 1.29 is 14.7 Å². The number of benzene rings is 1. The molecule has 2 aliphatic rings. The molecule has 0 aliphatic carbocycles. The van der Waals surface area contributed by atoms with Gasteiger partial charge in [0, 0.05) is 17.8 Å². The standard InChI is InChI=1S/C16H9N3O3S2/c20-13-9(14-19(13)11(7-23-14)15(21)22)5-8-1-2-10-12(6-8)24-16-17-3-4-18(10)16/h1-7,14H,(H,21,22)/b9-5-/t14-/m1/s1. The number of aromatic nitrogens is 2. The molecule has 3 aromatic rings.